The molecule has 2 N–H and O–H groups in total. The molecule has 0 aliphatic carbocycles. The second-order valence-corrected chi connectivity index (χ2v) is 4.66. The van der Waals surface area contributed by atoms with E-state index in [4.69, 9.17) is 10.5 Å². The molecule has 0 aromatic heterocycles. The molecule has 0 aromatic carbocycles. The summed E-state index contributed by atoms with van der Waals surface area (Å²) in [5.41, 5.74) is 5.76. The van der Waals surface area contributed by atoms with Gasteiger partial charge in [-0.1, -0.05) is 13.8 Å². The van der Waals surface area contributed by atoms with Crippen LogP contribution in [0.4, 0.5) is 0 Å². The van der Waals surface area contributed by atoms with Crippen molar-refractivity contribution in [3.05, 3.63) is 0 Å². The van der Waals surface area contributed by atoms with E-state index in [9.17, 15) is 0 Å². The molecule has 3 unspecified atom stereocenters. The first-order chi connectivity index (χ1) is 6.22. The Hall–Kier alpha value is -0.120. The van der Waals surface area contributed by atoms with Crippen LogP contribution in [0, 0.1) is 5.92 Å². The normalized spacial score (nSPS) is 39.2. The topological polar surface area (TPSA) is 38.5 Å². The monoisotopic (exact) mass is 184 g/mol. The second-order valence-electron chi connectivity index (χ2n) is 4.66. The first kappa shape index (κ1) is 9.44. The third-order valence-corrected chi connectivity index (χ3v) is 3.15. The highest BCUT2D eigenvalue weighted by molar-refractivity contribution is 4.99. The molecular formula is C10H20N2O. The molecule has 3 nitrogen and oxygen atoms in total. The Bertz CT molecular complexity index is 184. The van der Waals surface area contributed by atoms with E-state index in [1.54, 1.807) is 0 Å². The average molecular weight is 184 g/mol. The zero-order valence-electron chi connectivity index (χ0n) is 8.57. The molecule has 0 saturated carbocycles. The summed E-state index contributed by atoms with van der Waals surface area (Å²) in [6.45, 7) is 7.37. The van der Waals surface area contributed by atoms with E-state index >= 15 is 0 Å². The number of hydrogen-bond acceptors (Lipinski definition) is 3. The maximum atomic E-state index is 5.76. The summed E-state index contributed by atoms with van der Waals surface area (Å²) in [6.07, 6.45) is 1.63. The van der Waals surface area contributed by atoms with Gasteiger partial charge in [-0.2, -0.15) is 0 Å². The van der Waals surface area contributed by atoms with Gasteiger partial charge in [0.05, 0.1) is 12.7 Å². The molecule has 3 atom stereocenters. The van der Waals surface area contributed by atoms with Gasteiger partial charge in [-0.3, -0.25) is 4.90 Å². The zero-order chi connectivity index (χ0) is 9.42. The van der Waals surface area contributed by atoms with Crippen LogP contribution in [-0.2, 0) is 4.74 Å². The lowest BCUT2D eigenvalue weighted by molar-refractivity contribution is -0.0154. The highest BCUT2D eigenvalue weighted by Crippen LogP contribution is 2.33. The molecule has 2 rings (SSSR count). The van der Waals surface area contributed by atoms with Crippen LogP contribution in [0.1, 0.15) is 20.3 Å². The van der Waals surface area contributed by atoms with Crippen molar-refractivity contribution >= 4 is 0 Å². The Morgan fingerprint density at radius 1 is 1.54 bits per heavy atom. The number of fused-ring (bicyclic) bond motifs is 2. The van der Waals surface area contributed by atoms with Crippen LogP contribution in [0.5, 0.6) is 0 Å². The van der Waals surface area contributed by atoms with E-state index < -0.39 is 0 Å². The highest BCUT2D eigenvalue weighted by Gasteiger charge is 2.46. The van der Waals surface area contributed by atoms with Gasteiger partial charge in [0.2, 0.25) is 0 Å². The standard InChI is InChI=1S/C10H20N2O/c1-7(2)5-12-8-3-10(13-6-8)9(12)4-11/h7-10H,3-6,11H2,1-2H3. The van der Waals surface area contributed by atoms with Crippen molar-refractivity contribution in [1.82, 2.24) is 4.90 Å². The fraction of sp³-hybridized carbons (Fsp3) is 1.00. The van der Waals surface area contributed by atoms with Crippen molar-refractivity contribution in [3.8, 4) is 0 Å². The summed E-state index contributed by atoms with van der Waals surface area (Å²) in [5.74, 6) is 0.730. The fourth-order valence-corrected chi connectivity index (χ4v) is 2.62. The van der Waals surface area contributed by atoms with Crippen molar-refractivity contribution in [2.45, 2.75) is 38.5 Å². The summed E-state index contributed by atoms with van der Waals surface area (Å²) >= 11 is 0. The minimum atomic E-state index is 0.425. The predicted octanol–water partition coefficient (Wildman–Crippen LogP) is 0.443. The van der Waals surface area contributed by atoms with Gasteiger partial charge in [-0.05, 0) is 12.3 Å². The Labute approximate surface area is 80.2 Å². The van der Waals surface area contributed by atoms with Crippen molar-refractivity contribution < 1.29 is 4.74 Å². The number of ether oxygens (including phenoxy) is 1. The molecule has 0 radical (unpaired) electrons. The lowest BCUT2D eigenvalue weighted by Gasteiger charge is -2.35. The molecule has 2 heterocycles. The Morgan fingerprint density at radius 3 is 2.92 bits per heavy atom. The lowest BCUT2D eigenvalue weighted by Crippen LogP contribution is -2.50. The zero-order valence-corrected chi connectivity index (χ0v) is 8.57. The molecule has 2 saturated heterocycles. The van der Waals surface area contributed by atoms with Crippen LogP contribution in [-0.4, -0.2) is 42.8 Å². The smallest absolute Gasteiger partial charge is 0.0759 e. The quantitative estimate of drug-likeness (QED) is 0.692. The van der Waals surface area contributed by atoms with Crippen LogP contribution in [0.15, 0.2) is 0 Å². The van der Waals surface area contributed by atoms with Crippen LogP contribution < -0.4 is 5.73 Å². The van der Waals surface area contributed by atoms with E-state index in [1.807, 2.05) is 0 Å². The van der Waals surface area contributed by atoms with Crippen molar-refractivity contribution in [1.29, 1.82) is 0 Å². The summed E-state index contributed by atoms with van der Waals surface area (Å²) in [7, 11) is 0. The fourth-order valence-electron chi connectivity index (χ4n) is 2.62. The largest absolute Gasteiger partial charge is 0.375 e. The van der Waals surface area contributed by atoms with Gasteiger partial charge in [0.15, 0.2) is 0 Å². The first-order valence-corrected chi connectivity index (χ1v) is 5.29. The Balaban J connectivity index is 2.00. The van der Waals surface area contributed by atoms with Gasteiger partial charge in [0.25, 0.3) is 0 Å². The lowest BCUT2D eigenvalue weighted by atomic mass is 10.1. The minimum absolute atomic E-state index is 0.425. The van der Waals surface area contributed by atoms with Crippen LogP contribution in [0.2, 0.25) is 0 Å². The molecule has 76 valence electrons. The molecule has 2 aliphatic rings. The molecule has 0 aromatic rings. The molecule has 2 bridgehead atoms. The molecule has 2 fully saturated rings. The number of nitrogens with two attached hydrogens (primary N) is 1. The van der Waals surface area contributed by atoms with Crippen molar-refractivity contribution in [3.63, 3.8) is 0 Å². The Kier molecular flexibility index (Phi) is 2.58. The van der Waals surface area contributed by atoms with Gasteiger partial charge in [0, 0.05) is 25.2 Å². The number of hydrogen-bond donors (Lipinski definition) is 1. The van der Waals surface area contributed by atoms with Gasteiger partial charge in [-0.25, -0.2) is 0 Å². The molecule has 13 heavy (non-hydrogen) atoms. The number of rotatable bonds is 3. The highest BCUT2D eigenvalue weighted by atomic mass is 16.5. The van der Waals surface area contributed by atoms with Gasteiger partial charge < -0.3 is 10.5 Å². The summed E-state index contributed by atoms with van der Waals surface area (Å²) in [4.78, 5) is 2.55. The molecular weight excluding hydrogens is 164 g/mol. The first-order valence-electron chi connectivity index (χ1n) is 5.29. The molecule has 0 amide bonds. The number of nitrogens with zero attached hydrogens (tertiary/aromatic N) is 1. The summed E-state index contributed by atoms with van der Waals surface area (Å²) in [6, 6.07) is 1.14. The summed E-state index contributed by atoms with van der Waals surface area (Å²) < 4.78 is 5.65. The van der Waals surface area contributed by atoms with Crippen LogP contribution in [0.3, 0.4) is 0 Å². The van der Waals surface area contributed by atoms with E-state index in [2.05, 4.69) is 18.7 Å². The maximum Gasteiger partial charge on any atom is 0.0759 e. The molecule has 0 spiro atoms. The SMILES string of the molecule is CC(C)CN1C2COC(C2)C1CN. The third-order valence-electron chi connectivity index (χ3n) is 3.15. The van der Waals surface area contributed by atoms with E-state index in [0.717, 1.165) is 19.1 Å². The number of likely N-dealkylation sites (tertiary alicyclic amines) is 1. The van der Waals surface area contributed by atoms with Crippen molar-refractivity contribution in [2.75, 3.05) is 19.7 Å². The summed E-state index contributed by atoms with van der Waals surface area (Å²) in [5, 5.41) is 0. The third kappa shape index (κ3) is 1.60. The van der Waals surface area contributed by atoms with Crippen LogP contribution in [0.25, 0.3) is 0 Å². The van der Waals surface area contributed by atoms with Gasteiger partial charge in [0.1, 0.15) is 0 Å². The van der Waals surface area contributed by atoms with E-state index in [1.165, 1.54) is 13.0 Å². The van der Waals surface area contributed by atoms with Crippen LogP contribution >= 0.6 is 0 Å². The van der Waals surface area contributed by atoms with Gasteiger partial charge in [-0.15, -0.1) is 0 Å². The average Bonchev–Trinajstić information content (AvgIpc) is 2.62. The Morgan fingerprint density at radius 2 is 2.31 bits per heavy atom. The van der Waals surface area contributed by atoms with E-state index in [0.29, 0.717) is 18.2 Å². The maximum absolute atomic E-state index is 5.76. The van der Waals surface area contributed by atoms with E-state index in [-0.39, 0.29) is 0 Å². The van der Waals surface area contributed by atoms with Gasteiger partial charge >= 0.3 is 0 Å². The predicted molar refractivity (Wildman–Crippen MR) is 52.5 cm³/mol. The minimum Gasteiger partial charge on any atom is -0.375 e. The number of morpholine rings is 1. The molecule has 2 aliphatic heterocycles. The van der Waals surface area contributed by atoms with Crippen molar-refractivity contribution in [2.24, 2.45) is 11.7 Å². The second kappa shape index (κ2) is 3.56. The molecule has 3 heteroatoms.